The molecule has 158 valence electrons. The smallest absolute Gasteiger partial charge is 0.267 e. The van der Waals surface area contributed by atoms with Gasteiger partial charge < -0.3 is 25.0 Å². The van der Waals surface area contributed by atoms with E-state index in [0.29, 0.717) is 29.2 Å². The van der Waals surface area contributed by atoms with Crippen LogP contribution in [0.4, 0.5) is 0 Å². The number of amides is 1. The first-order valence-corrected chi connectivity index (χ1v) is 9.39. The van der Waals surface area contributed by atoms with E-state index in [1.165, 1.54) is 7.11 Å². The Balaban J connectivity index is 2.03. The van der Waals surface area contributed by atoms with Gasteiger partial charge in [-0.05, 0) is 35.4 Å². The maximum absolute atomic E-state index is 12.7. The van der Waals surface area contributed by atoms with Gasteiger partial charge in [-0.15, -0.1) is 0 Å². The molecule has 2 aromatic carbocycles. The molecule has 1 amide bonds. The third-order valence-electron chi connectivity index (χ3n) is 5.00. The zero-order chi connectivity index (χ0) is 21.7. The average Bonchev–Trinajstić information content (AvgIpc) is 3.11. The number of benzene rings is 2. The molecule has 1 aromatic heterocycles. The highest BCUT2D eigenvalue weighted by molar-refractivity contribution is 5.75. The minimum absolute atomic E-state index is 0.0218. The molecular weight excluding hydrogens is 386 g/mol. The molecule has 1 atom stereocenters. The Morgan fingerprint density at radius 2 is 1.67 bits per heavy atom. The van der Waals surface area contributed by atoms with Crippen LogP contribution >= 0.6 is 0 Å². The molecule has 0 spiro atoms. The summed E-state index contributed by atoms with van der Waals surface area (Å²) in [7, 11) is 4.68. The lowest BCUT2D eigenvalue weighted by Gasteiger charge is -2.18. The first-order chi connectivity index (χ1) is 14.5. The zero-order valence-corrected chi connectivity index (χ0v) is 17.2. The second-order valence-corrected chi connectivity index (χ2v) is 6.83. The number of hydrogen-bond acceptors (Lipinski definition) is 5. The van der Waals surface area contributed by atoms with Crippen molar-refractivity contribution in [1.82, 2.24) is 10.2 Å². The van der Waals surface area contributed by atoms with Crippen LogP contribution in [-0.4, -0.2) is 37.4 Å². The highest BCUT2D eigenvalue weighted by atomic mass is 16.5. The van der Waals surface area contributed by atoms with Gasteiger partial charge in [0, 0.05) is 30.0 Å². The van der Waals surface area contributed by atoms with E-state index in [2.05, 4.69) is 10.2 Å². The number of H-pyrrole nitrogens is 2. The lowest BCUT2D eigenvalue weighted by molar-refractivity contribution is -0.118. The Morgan fingerprint density at radius 1 is 0.967 bits per heavy atom. The van der Waals surface area contributed by atoms with Gasteiger partial charge in [0.05, 0.1) is 21.3 Å². The number of hydrogen-bond donors (Lipinski definition) is 3. The standard InChI is InChI=1S/C22H25N3O5/c1-28-15-7-4-13(5-8-15)10-17-21(22(27)25-24-17)16(12-20(23)26)14-6-9-18(29-2)19(11-14)30-3/h4-9,11,16H,10,12H2,1-3H3,(H2,23,26)(H2,24,25,27)/t16-/m1/s1. The molecule has 0 fully saturated rings. The normalized spacial score (nSPS) is 11.7. The quantitative estimate of drug-likeness (QED) is 0.499. The first kappa shape index (κ1) is 21.0. The lowest BCUT2D eigenvalue weighted by atomic mass is 9.87. The van der Waals surface area contributed by atoms with Crippen molar-refractivity contribution in [2.24, 2.45) is 5.73 Å². The van der Waals surface area contributed by atoms with Gasteiger partial charge in [-0.1, -0.05) is 18.2 Å². The van der Waals surface area contributed by atoms with Crippen LogP contribution in [-0.2, 0) is 11.2 Å². The largest absolute Gasteiger partial charge is 0.497 e. The maximum atomic E-state index is 12.7. The SMILES string of the molecule is COc1ccc(Cc2[nH][nH]c(=O)c2[C@H](CC(N)=O)c2ccc(OC)c(OC)c2)cc1. The summed E-state index contributed by atoms with van der Waals surface area (Å²) in [5.41, 5.74) is 8.09. The molecule has 4 N–H and O–H groups in total. The second kappa shape index (κ2) is 9.21. The van der Waals surface area contributed by atoms with E-state index in [9.17, 15) is 9.59 Å². The average molecular weight is 411 g/mol. The van der Waals surface area contributed by atoms with Gasteiger partial charge in [0.1, 0.15) is 5.75 Å². The van der Waals surface area contributed by atoms with Gasteiger partial charge in [-0.3, -0.25) is 14.7 Å². The molecule has 3 aromatic rings. The van der Waals surface area contributed by atoms with Gasteiger partial charge in [0.2, 0.25) is 5.91 Å². The van der Waals surface area contributed by atoms with Crippen LogP contribution in [0.25, 0.3) is 0 Å². The van der Waals surface area contributed by atoms with Crippen molar-refractivity contribution in [3.8, 4) is 17.2 Å². The van der Waals surface area contributed by atoms with Crippen molar-refractivity contribution in [3.63, 3.8) is 0 Å². The Kier molecular flexibility index (Phi) is 6.46. The Hall–Kier alpha value is -3.68. The van der Waals surface area contributed by atoms with Crippen LogP contribution in [0.5, 0.6) is 17.2 Å². The Labute approximate surface area is 174 Å². The summed E-state index contributed by atoms with van der Waals surface area (Å²) >= 11 is 0. The number of rotatable bonds is 9. The molecular formula is C22H25N3O5. The van der Waals surface area contributed by atoms with E-state index >= 15 is 0 Å². The summed E-state index contributed by atoms with van der Waals surface area (Å²) in [5, 5.41) is 5.59. The fourth-order valence-electron chi connectivity index (χ4n) is 3.52. The van der Waals surface area contributed by atoms with E-state index < -0.39 is 11.8 Å². The van der Waals surface area contributed by atoms with Gasteiger partial charge in [-0.2, -0.15) is 0 Å². The van der Waals surface area contributed by atoms with Gasteiger partial charge in [0.15, 0.2) is 11.5 Å². The molecule has 0 aliphatic carbocycles. The van der Waals surface area contributed by atoms with E-state index in [1.54, 1.807) is 32.4 Å². The third-order valence-corrected chi connectivity index (χ3v) is 5.00. The maximum Gasteiger partial charge on any atom is 0.267 e. The molecule has 0 saturated carbocycles. The lowest BCUT2D eigenvalue weighted by Crippen LogP contribution is -2.21. The predicted molar refractivity (Wildman–Crippen MR) is 112 cm³/mol. The van der Waals surface area contributed by atoms with Crippen molar-refractivity contribution >= 4 is 5.91 Å². The summed E-state index contributed by atoms with van der Waals surface area (Å²) in [4.78, 5) is 24.5. The topological polar surface area (TPSA) is 119 Å². The van der Waals surface area contributed by atoms with Crippen LogP contribution in [0, 0.1) is 0 Å². The highest BCUT2D eigenvalue weighted by Crippen LogP contribution is 2.35. The molecule has 30 heavy (non-hydrogen) atoms. The number of methoxy groups -OCH3 is 3. The van der Waals surface area contributed by atoms with E-state index in [-0.39, 0.29) is 12.0 Å². The molecule has 0 aliphatic rings. The number of aromatic nitrogens is 2. The molecule has 0 bridgehead atoms. The van der Waals surface area contributed by atoms with Crippen molar-refractivity contribution < 1.29 is 19.0 Å². The van der Waals surface area contributed by atoms with Gasteiger partial charge >= 0.3 is 0 Å². The Morgan fingerprint density at radius 3 is 2.27 bits per heavy atom. The van der Waals surface area contributed by atoms with Crippen molar-refractivity contribution in [3.05, 3.63) is 75.2 Å². The number of primary amides is 1. The first-order valence-electron chi connectivity index (χ1n) is 9.39. The van der Waals surface area contributed by atoms with Crippen LogP contribution in [0.15, 0.2) is 47.3 Å². The molecule has 0 saturated heterocycles. The van der Waals surface area contributed by atoms with Gasteiger partial charge in [0.25, 0.3) is 5.56 Å². The molecule has 8 heteroatoms. The van der Waals surface area contributed by atoms with Crippen LogP contribution in [0.2, 0.25) is 0 Å². The minimum atomic E-state index is -0.537. The third kappa shape index (κ3) is 4.48. The molecule has 0 radical (unpaired) electrons. The van der Waals surface area contributed by atoms with Gasteiger partial charge in [-0.25, -0.2) is 0 Å². The summed E-state index contributed by atoms with van der Waals surface area (Å²) in [6.07, 6.45) is 0.451. The monoisotopic (exact) mass is 411 g/mol. The predicted octanol–water partition coefficient (Wildman–Crippen LogP) is 2.33. The van der Waals surface area contributed by atoms with Crippen LogP contribution in [0.3, 0.4) is 0 Å². The van der Waals surface area contributed by atoms with E-state index in [4.69, 9.17) is 19.9 Å². The van der Waals surface area contributed by atoms with E-state index in [0.717, 1.165) is 16.9 Å². The number of ether oxygens (including phenoxy) is 3. The Bertz CT molecular complexity index is 1070. The summed E-state index contributed by atoms with van der Waals surface area (Å²) in [5.74, 6) is 0.767. The van der Waals surface area contributed by atoms with Crippen LogP contribution in [0.1, 0.15) is 34.7 Å². The highest BCUT2D eigenvalue weighted by Gasteiger charge is 2.25. The van der Waals surface area contributed by atoms with E-state index in [1.807, 2.05) is 24.3 Å². The molecule has 8 nitrogen and oxygen atoms in total. The van der Waals surface area contributed by atoms with Crippen LogP contribution < -0.4 is 25.5 Å². The fourth-order valence-corrected chi connectivity index (χ4v) is 3.52. The molecule has 0 aliphatic heterocycles. The number of aromatic amines is 2. The second-order valence-electron chi connectivity index (χ2n) is 6.83. The molecule has 1 heterocycles. The molecule has 0 unspecified atom stereocenters. The van der Waals surface area contributed by atoms with Crippen molar-refractivity contribution in [1.29, 1.82) is 0 Å². The number of nitrogens with two attached hydrogens (primary N) is 1. The number of carbonyl (C=O) groups excluding carboxylic acids is 1. The number of nitrogens with one attached hydrogen (secondary N) is 2. The van der Waals surface area contributed by atoms with Crippen molar-refractivity contribution in [2.45, 2.75) is 18.8 Å². The summed E-state index contributed by atoms with van der Waals surface area (Å²) in [6.45, 7) is 0. The number of carbonyl (C=O) groups is 1. The fraction of sp³-hybridized carbons (Fsp3) is 0.273. The zero-order valence-electron chi connectivity index (χ0n) is 17.2. The molecule has 3 rings (SSSR count). The summed E-state index contributed by atoms with van der Waals surface area (Å²) < 4.78 is 15.9. The summed E-state index contributed by atoms with van der Waals surface area (Å²) in [6, 6.07) is 12.9. The minimum Gasteiger partial charge on any atom is -0.497 e. The van der Waals surface area contributed by atoms with Crippen molar-refractivity contribution in [2.75, 3.05) is 21.3 Å².